The maximum atomic E-state index is 12.5. The Morgan fingerprint density at radius 1 is 1.00 bits per heavy atom. The fraction of sp³-hybridized carbons (Fsp3) is 0.318. The average molecular weight is 348 g/mol. The molecule has 4 heteroatoms. The largest absolute Gasteiger partial charge is 0.380 e. The number of aliphatic hydroxyl groups is 1. The van der Waals surface area contributed by atoms with Gasteiger partial charge in [-0.2, -0.15) is 0 Å². The van der Waals surface area contributed by atoms with Crippen LogP contribution in [0.5, 0.6) is 0 Å². The van der Waals surface area contributed by atoms with Crippen molar-refractivity contribution in [1.82, 2.24) is 9.80 Å². The topological polar surface area (TPSA) is 43.8 Å². The molecule has 134 valence electrons. The van der Waals surface area contributed by atoms with Crippen molar-refractivity contribution in [3.05, 3.63) is 83.2 Å². The van der Waals surface area contributed by atoms with Crippen molar-refractivity contribution >= 4 is 5.78 Å². The molecule has 0 saturated carbocycles. The lowest BCUT2D eigenvalue weighted by Crippen LogP contribution is -2.40. The van der Waals surface area contributed by atoms with E-state index in [1.807, 2.05) is 42.5 Å². The minimum atomic E-state index is -1.11. The highest BCUT2D eigenvalue weighted by molar-refractivity contribution is 5.99. The van der Waals surface area contributed by atoms with Crippen LogP contribution in [-0.2, 0) is 6.54 Å². The summed E-state index contributed by atoms with van der Waals surface area (Å²) >= 11 is 0. The number of carbonyl (C=O) groups is 1. The number of ketones is 1. The molecule has 0 aliphatic carbocycles. The van der Waals surface area contributed by atoms with Gasteiger partial charge in [-0.3, -0.25) is 4.79 Å². The van der Waals surface area contributed by atoms with Crippen LogP contribution >= 0.6 is 0 Å². The highest BCUT2D eigenvalue weighted by Crippen LogP contribution is 2.26. The van der Waals surface area contributed by atoms with Gasteiger partial charge in [0.2, 0.25) is 0 Å². The van der Waals surface area contributed by atoms with Crippen molar-refractivity contribution in [3.8, 4) is 0 Å². The first-order chi connectivity index (χ1) is 12.7. The van der Waals surface area contributed by atoms with E-state index in [0.29, 0.717) is 11.1 Å². The number of fused-ring (bicyclic) bond motifs is 1. The van der Waals surface area contributed by atoms with Crippen molar-refractivity contribution in [2.75, 3.05) is 19.6 Å². The molecule has 0 aromatic heterocycles. The Balaban J connectivity index is 1.44. The van der Waals surface area contributed by atoms with E-state index < -0.39 is 6.10 Å². The minimum absolute atomic E-state index is 0.259. The lowest BCUT2D eigenvalue weighted by atomic mass is 9.99. The van der Waals surface area contributed by atoms with Crippen LogP contribution in [0.15, 0.2) is 66.5 Å². The van der Waals surface area contributed by atoms with Gasteiger partial charge in [0.1, 0.15) is 11.9 Å². The number of rotatable bonds is 5. The molecule has 4 rings (SSSR count). The normalized spacial score (nSPS) is 17.7. The van der Waals surface area contributed by atoms with Crippen LogP contribution in [0.3, 0.4) is 0 Å². The number of nitrogens with zero attached hydrogens (tertiary/aromatic N) is 2. The van der Waals surface area contributed by atoms with Crippen LogP contribution in [0.2, 0.25) is 0 Å². The van der Waals surface area contributed by atoms with Gasteiger partial charge >= 0.3 is 0 Å². The molecule has 0 amide bonds. The van der Waals surface area contributed by atoms with Gasteiger partial charge in [0.05, 0.1) is 0 Å². The number of hydrogen-bond acceptors (Lipinski definition) is 4. The molecule has 4 nitrogen and oxygen atoms in total. The van der Waals surface area contributed by atoms with Crippen LogP contribution in [0.25, 0.3) is 0 Å². The summed E-state index contributed by atoms with van der Waals surface area (Å²) in [4.78, 5) is 17.4. The average Bonchev–Trinajstić information content (AvgIpc) is 3.18. The lowest BCUT2D eigenvalue weighted by Gasteiger charge is -2.38. The summed E-state index contributed by atoms with van der Waals surface area (Å²) in [6, 6.07) is 16.7. The first-order valence-corrected chi connectivity index (χ1v) is 9.28. The molecule has 2 heterocycles. The second kappa shape index (κ2) is 7.34. The molecule has 0 spiro atoms. The summed E-state index contributed by atoms with van der Waals surface area (Å²) in [5, 5.41) is 10.3. The van der Waals surface area contributed by atoms with E-state index in [0.717, 1.165) is 32.6 Å². The predicted molar refractivity (Wildman–Crippen MR) is 101 cm³/mol. The third-order valence-electron chi connectivity index (χ3n) is 5.21. The number of aliphatic hydroxyl groups excluding tert-OH is 1. The van der Waals surface area contributed by atoms with E-state index in [-0.39, 0.29) is 5.78 Å². The summed E-state index contributed by atoms with van der Waals surface area (Å²) in [5.41, 5.74) is 2.36. The van der Waals surface area contributed by atoms with Crippen molar-refractivity contribution < 1.29 is 9.90 Å². The van der Waals surface area contributed by atoms with E-state index >= 15 is 0 Å². The van der Waals surface area contributed by atoms with Crippen molar-refractivity contribution in [2.45, 2.75) is 25.5 Å². The fourth-order valence-corrected chi connectivity index (χ4v) is 3.82. The quantitative estimate of drug-likeness (QED) is 0.842. The summed E-state index contributed by atoms with van der Waals surface area (Å²) in [5.74, 6) is 1.10. The molecule has 2 aromatic carbocycles. The zero-order valence-electron chi connectivity index (χ0n) is 14.8. The van der Waals surface area contributed by atoms with Gasteiger partial charge in [0, 0.05) is 31.7 Å². The standard InChI is InChI=1S/C22H24N2O2/c25-21(18-6-2-1-3-7-18)22(26)19-11-9-17(10-12-19)16-24-15-5-14-23-13-4-8-20(23)24/h1-3,6-12,21,25H,4-5,13-16H2. The molecule has 0 bridgehead atoms. The molecule has 1 fully saturated rings. The van der Waals surface area contributed by atoms with Crippen LogP contribution in [0.4, 0.5) is 0 Å². The fourth-order valence-electron chi connectivity index (χ4n) is 3.82. The molecule has 26 heavy (non-hydrogen) atoms. The third kappa shape index (κ3) is 3.37. The van der Waals surface area contributed by atoms with E-state index in [9.17, 15) is 9.90 Å². The minimum Gasteiger partial charge on any atom is -0.380 e. The molecule has 2 aliphatic rings. The van der Waals surface area contributed by atoms with Crippen LogP contribution in [-0.4, -0.2) is 40.3 Å². The smallest absolute Gasteiger partial charge is 0.195 e. The van der Waals surface area contributed by atoms with Gasteiger partial charge in [-0.25, -0.2) is 0 Å². The van der Waals surface area contributed by atoms with Gasteiger partial charge in [0.15, 0.2) is 5.78 Å². The Hall–Kier alpha value is -2.59. The Bertz CT molecular complexity index is 799. The van der Waals surface area contributed by atoms with E-state index in [1.54, 1.807) is 12.1 Å². The molecule has 1 unspecified atom stereocenters. The van der Waals surface area contributed by atoms with Gasteiger partial charge in [-0.05, 0) is 30.0 Å². The van der Waals surface area contributed by atoms with Crippen LogP contribution in [0.1, 0.15) is 40.4 Å². The highest BCUT2D eigenvalue weighted by Gasteiger charge is 2.25. The molecular weight excluding hydrogens is 324 g/mol. The molecule has 2 aromatic rings. The second-order valence-corrected chi connectivity index (χ2v) is 6.99. The van der Waals surface area contributed by atoms with E-state index in [4.69, 9.17) is 0 Å². The summed E-state index contributed by atoms with van der Waals surface area (Å²) < 4.78 is 0. The van der Waals surface area contributed by atoms with Crippen molar-refractivity contribution in [3.63, 3.8) is 0 Å². The highest BCUT2D eigenvalue weighted by atomic mass is 16.3. The Morgan fingerprint density at radius 3 is 2.54 bits per heavy atom. The van der Waals surface area contributed by atoms with Gasteiger partial charge < -0.3 is 14.9 Å². The number of benzene rings is 2. The first-order valence-electron chi connectivity index (χ1n) is 9.28. The Morgan fingerprint density at radius 2 is 1.77 bits per heavy atom. The van der Waals surface area contributed by atoms with Gasteiger partial charge in [-0.15, -0.1) is 0 Å². The van der Waals surface area contributed by atoms with Gasteiger partial charge in [-0.1, -0.05) is 54.6 Å². The zero-order chi connectivity index (χ0) is 17.9. The molecular formula is C22H24N2O2. The first kappa shape index (κ1) is 16.9. The number of carbonyl (C=O) groups excluding carboxylic acids is 1. The number of Topliss-reactive ketones (excluding diaryl/α,β-unsaturated/α-hetero) is 1. The molecule has 1 atom stereocenters. The summed E-state index contributed by atoms with van der Waals surface area (Å²) in [7, 11) is 0. The second-order valence-electron chi connectivity index (χ2n) is 6.99. The molecule has 0 radical (unpaired) electrons. The van der Waals surface area contributed by atoms with Crippen LogP contribution in [0, 0.1) is 0 Å². The van der Waals surface area contributed by atoms with Crippen LogP contribution < -0.4 is 0 Å². The summed E-state index contributed by atoms with van der Waals surface area (Å²) in [6.45, 7) is 4.23. The zero-order valence-corrected chi connectivity index (χ0v) is 14.8. The van der Waals surface area contributed by atoms with E-state index in [1.165, 1.54) is 17.8 Å². The maximum absolute atomic E-state index is 12.5. The third-order valence-corrected chi connectivity index (χ3v) is 5.21. The van der Waals surface area contributed by atoms with Crippen molar-refractivity contribution in [1.29, 1.82) is 0 Å². The summed E-state index contributed by atoms with van der Waals surface area (Å²) in [6.07, 6.45) is 3.54. The lowest BCUT2D eigenvalue weighted by molar-refractivity contribution is 0.0747. The Kier molecular flexibility index (Phi) is 4.76. The predicted octanol–water partition coefficient (Wildman–Crippen LogP) is 3.36. The molecule has 1 saturated heterocycles. The Labute approximate surface area is 154 Å². The maximum Gasteiger partial charge on any atom is 0.195 e. The SMILES string of the molecule is O=C(c1ccc(CN2CCCN3CCC=C32)cc1)C(O)c1ccccc1. The number of hydrogen-bond donors (Lipinski definition) is 1. The molecule has 1 N–H and O–H groups in total. The van der Waals surface area contributed by atoms with Gasteiger partial charge in [0.25, 0.3) is 0 Å². The van der Waals surface area contributed by atoms with Crippen molar-refractivity contribution in [2.24, 2.45) is 0 Å². The van der Waals surface area contributed by atoms with E-state index in [2.05, 4.69) is 15.9 Å². The molecule has 2 aliphatic heterocycles. The monoisotopic (exact) mass is 348 g/mol.